The standard InChI is InChI=1S/C37H62N2O/c1-10-38-21-23-39(24-22-38)32(40)37-18-14-27(25(2)3)31(37)28-11-12-30-34(7)16-13-26(4)33(5,6)29(34)15-17-36(30,9)35(28,8)19-20-37/h26-31H,2,10-24H2,1,3-9H3/t26-,27-,28+,29-,30+,31+,34-,35+,36+,37-/m0/s1. The molecule has 40 heavy (non-hydrogen) atoms. The molecule has 6 aliphatic rings. The van der Waals surface area contributed by atoms with Gasteiger partial charge in [0.2, 0.25) is 5.91 Å². The molecule has 0 aromatic carbocycles. The highest BCUT2D eigenvalue weighted by atomic mass is 16.2. The number of carbonyl (C=O) groups excluding carboxylic acids is 1. The molecular formula is C37H62N2O. The van der Waals surface area contributed by atoms with E-state index in [9.17, 15) is 4.79 Å². The van der Waals surface area contributed by atoms with Crippen LogP contribution in [0.25, 0.3) is 0 Å². The van der Waals surface area contributed by atoms with Gasteiger partial charge in [0.25, 0.3) is 0 Å². The van der Waals surface area contributed by atoms with Gasteiger partial charge in [-0.1, -0.05) is 60.6 Å². The van der Waals surface area contributed by atoms with Gasteiger partial charge in [0.05, 0.1) is 5.41 Å². The summed E-state index contributed by atoms with van der Waals surface area (Å²) >= 11 is 0. The van der Waals surface area contributed by atoms with Gasteiger partial charge in [0, 0.05) is 26.2 Å². The van der Waals surface area contributed by atoms with E-state index in [1.807, 2.05) is 0 Å². The van der Waals surface area contributed by atoms with Gasteiger partial charge in [-0.3, -0.25) is 4.79 Å². The highest BCUT2D eigenvalue weighted by Gasteiger charge is 2.72. The van der Waals surface area contributed by atoms with Crippen LogP contribution in [0.15, 0.2) is 12.2 Å². The van der Waals surface area contributed by atoms with Crippen molar-refractivity contribution >= 4 is 5.91 Å². The molecule has 226 valence electrons. The molecule has 5 aliphatic carbocycles. The summed E-state index contributed by atoms with van der Waals surface area (Å²) in [6.45, 7) is 30.1. The van der Waals surface area contributed by atoms with Crippen LogP contribution in [0.4, 0.5) is 0 Å². The topological polar surface area (TPSA) is 23.6 Å². The van der Waals surface area contributed by atoms with Gasteiger partial charge in [0.1, 0.15) is 0 Å². The fourth-order valence-corrected chi connectivity index (χ4v) is 13.3. The minimum absolute atomic E-state index is 0.144. The molecule has 6 rings (SSSR count). The SMILES string of the molecule is C=C(C)[C@@H]1CC[C@]2(C(=O)N3CCN(CC)CC3)CC[C@]3(C)[C@H](CC[C@@H]4[C@@]5(C)CC[C@H](C)C(C)(C)[C@@H]5CC[C@]43C)[C@@H]12. The summed E-state index contributed by atoms with van der Waals surface area (Å²) in [5.41, 5.74) is 2.81. The third-order valence-corrected chi connectivity index (χ3v) is 16.1. The summed E-state index contributed by atoms with van der Waals surface area (Å²) in [4.78, 5) is 19.5. The first kappa shape index (κ1) is 29.3. The molecule has 0 bridgehead atoms. The molecule has 10 atom stereocenters. The second-order valence-corrected chi connectivity index (χ2v) is 17.3. The van der Waals surface area contributed by atoms with E-state index < -0.39 is 0 Å². The summed E-state index contributed by atoms with van der Waals surface area (Å²) in [6.07, 6.45) is 13.0. The van der Waals surface area contributed by atoms with E-state index in [0.717, 1.165) is 63.3 Å². The van der Waals surface area contributed by atoms with Gasteiger partial charge >= 0.3 is 0 Å². The quantitative estimate of drug-likeness (QED) is 0.329. The Morgan fingerprint density at radius 2 is 1.50 bits per heavy atom. The molecule has 1 heterocycles. The fraction of sp³-hybridized carbons (Fsp3) is 0.919. The van der Waals surface area contributed by atoms with Crippen molar-refractivity contribution in [2.45, 2.75) is 120 Å². The Labute approximate surface area is 247 Å². The normalized spacial score (nSPS) is 50.4. The van der Waals surface area contributed by atoms with Crippen molar-refractivity contribution in [3.63, 3.8) is 0 Å². The van der Waals surface area contributed by atoms with E-state index in [1.165, 1.54) is 56.9 Å². The zero-order valence-electron chi connectivity index (χ0n) is 27.6. The van der Waals surface area contributed by atoms with E-state index in [4.69, 9.17) is 0 Å². The third kappa shape index (κ3) is 3.73. The lowest BCUT2D eigenvalue weighted by Gasteiger charge is -2.73. The van der Waals surface area contributed by atoms with Crippen LogP contribution in [0.3, 0.4) is 0 Å². The largest absolute Gasteiger partial charge is 0.340 e. The highest BCUT2D eigenvalue weighted by Crippen LogP contribution is 2.78. The lowest BCUT2D eigenvalue weighted by Crippen LogP contribution is -2.67. The van der Waals surface area contributed by atoms with Crippen molar-refractivity contribution in [1.82, 2.24) is 9.80 Å². The van der Waals surface area contributed by atoms with Crippen molar-refractivity contribution in [3.8, 4) is 0 Å². The number of allylic oxidation sites excluding steroid dienone is 1. The van der Waals surface area contributed by atoms with Crippen molar-refractivity contribution in [3.05, 3.63) is 12.2 Å². The Morgan fingerprint density at radius 3 is 2.15 bits per heavy atom. The molecule has 1 saturated heterocycles. The maximum absolute atomic E-state index is 14.7. The second kappa shape index (κ2) is 9.59. The Balaban J connectivity index is 1.35. The predicted molar refractivity (Wildman–Crippen MR) is 167 cm³/mol. The summed E-state index contributed by atoms with van der Waals surface area (Å²) in [5, 5.41) is 0. The molecule has 1 aliphatic heterocycles. The Kier molecular flexibility index (Phi) is 7.01. The molecule has 0 aromatic heterocycles. The highest BCUT2D eigenvalue weighted by molar-refractivity contribution is 5.84. The van der Waals surface area contributed by atoms with Gasteiger partial charge in [-0.05, 0) is 135 Å². The molecular weight excluding hydrogens is 488 g/mol. The lowest BCUT2D eigenvalue weighted by molar-refractivity contribution is -0.242. The molecule has 0 spiro atoms. The van der Waals surface area contributed by atoms with Crippen LogP contribution >= 0.6 is 0 Å². The van der Waals surface area contributed by atoms with Gasteiger partial charge in [-0.2, -0.15) is 0 Å². The van der Waals surface area contributed by atoms with Gasteiger partial charge < -0.3 is 9.80 Å². The molecule has 0 N–H and O–H groups in total. The lowest BCUT2D eigenvalue weighted by atomic mass is 9.32. The molecule has 3 nitrogen and oxygen atoms in total. The van der Waals surface area contributed by atoms with E-state index in [0.29, 0.717) is 45.3 Å². The predicted octanol–water partition coefficient (Wildman–Crippen LogP) is 8.44. The van der Waals surface area contributed by atoms with Crippen LogP contribution in [0.5, 0.6) is 0 Å². The van der Waals surface area contributed by atoms with E-state index in [2.05, 4.69) is 71.8 Å². The number of hydrogen-bond acceptors (Lipinski definition) is 2. The Morgan fingerprint density at radius 1 is 0.800 bits per heavy atom. The van der Waals surface area contributed by atoms with Crippen LogP contribution in [0.1, 0.15) is 120 Å². The number of hydrogen-bond donors (Lipinski definition) is 0. The molecule has 0 radical (unpaired) electrons. The van der Waals surface area contributed by atoms with Crippen LogP contribution in [0.2, 0.25) is 0 Å². The Hall–Kier alpha value is -0.830. The van der Waals surface area contributed by atoms with E-state index in [-0.39, 0.29) is 5.41 Å². The third-order valence-electron chi connectivity index (χ3n) is 16.1. The smallest absolute Gasteiger partial charge is 0.229 e. The molecule has 0 aromatic rings. The van der Waals surface area contributed by atoms with Crippen molar-refractivity contribution in [2.24, 2.45) is 62.6 Å². The number of rotatable bonds is 3. The second-order valence-electron chi connectivity index (χ2n) is 17.3. The van der Waals surface area contributed by atoms with Crippen LogP contribution < -0.4 is 0 Å². The number of likely N-dealkylation sites (N-methyl/N-ethyl adjacent to an activating group) is 1. The number of fused-ring (bicyclic) bond motifs is 7. The summed E-state index contributed by atoms with van der Waals surface area (Å²) in [5.74, 6) is 4.70. The number of carbonyl (C=O) groups is 1. The summed E-state index contributed by atoms with van der Waals surface area (Å²) < 4.78 is 0. The maximum Gasteiger partial charge on any atom is 0.229 e. The molecule has 1 amide bonds. The summed E-state index contributed by atoms with van der Waals surface area (Å²) in [7, 11) is 0. The van der Waals surface area contributed by atoms with E-state index in [1.54, 1.807) is 0 Å². The van der Waals surface area contributed by atoms with Crippen LogP contribution in [0, 0.1) is 62.6 Å². The molecule has 6 fully saturated rings. The monoisotopic (exact) mass is 550 g/mol. The van der Waals surface area contributed by atoms with Crippen molar-refractivity contribution < 1.29 is 4.79 Å². The molecule has 3 heteroatoms. The first-order chi connectivity index (χ1) is 18.8. The average Bonchev–Trinajstić information content (AvgIpc) is 3.32. The van der Waals surface area contributed by atoms with Gasteiger partial charge in [0.15, 0.2) is 0 Å². The zero-order chi connectivity index (χ0) is 28.9. The fourth-order valence-electron chi connectivity index (χ4n) is 13.3. The minimum atomic E-state index is -0.144. The number of amides is 1. The number of piperazine rings is 1. The first-order valence-electron chi connectivity index (χ1n) is 17.4. The Bertz CT molecular complexity index is 1030. The van der Waals surface area contributed by atoms with Crippen molar-refractivity contribution in [2.75, 3.05) is 32.7 Å². The molecule has 0 unspecified atom stereocenters. The van der Waals surface area contributed by atoms with Crippen LogP contribution in [-0.4, -0.2) is 48.4 Å². The van der Waals surface area contributed by atoms with Gasteiger partial charge in [-0.15, -0.1) is 0 Å². The van der Waals surface area contributed by atoms with Crippen molar-refractivity contribution in [1.29, 1.82) is 0 Å². The minimum Gasteiger partial charge on any atom is -0.340 e. The average molecular weight is 551 g/mol. The zero-order valence-corrected chi connectivity index (χ0v) is 27.6. The van der Waals surface area contributed by atoms with Gasteiger partial charge in [-0.25, -0.2) is 0 Å². The number of nitrogens with zero attached hydrogens (tertiary/aromatic N) is 2. The molecule has 5 saturated carbocycles. The van der Waals surface area contributed by atoms with E-state index >= 15 is 0 Å². The maximum atomic E-state index is 14.7. The first-order valence-corrected chi connectivity index (χ1v) is 17.4. The van der Waals surface area contributed by atoms with Crippen LogP contribution in [-0.2, 0) is 4.79 Å². The summed E-state index contributed by atoms with van der Waals surface area (Å²) in [6, 6.07) is 0.